The monoisotopic (exact) mass is 302 g/mol. The van der Waals surface area contributed by atoms with E-state index in [0.717, 1.165) is 45.3 Å². The van der Waals surface area contributed by atoms with Crippen LogP contribution in [0.2, 0.25) is 0 Å². The highest BCUT2D eigenvalue weighted by Crippen LogP contribution is 2.16. The van der Waals surface area contributed by atoms with E-state index in [1.165, 1.54) is 19.3 Å². The van der Waals surface area contributed by atoms with Gasteiger partial charge in [-0.05, 0) is 12.8 Å². The molecule has 2 heterocycles. The highest BCUT2D eigenvalue weighted by Gasteiger charge is 2.26. The molecule has 122 valence electrons. The number of carbonyl (C=O) groups is 1. The van der Waals surface area contributed by atoms with Crippen molar-refractivity contribution < 1.29 is 29.2 Å². The van der Waals surface area contributed by atoms with Gasteiger partial charge in [-0.2, -0.15) is 0 Å². The predicted octanol–water partition coefficient (Wildman–Crippen LogP) is 1.37. The molecule has 2 N–H and O–H groups in total. The van der Waals surface area contributed by atoms with Crippen LogP contribution in [-0.4, -0.2) is 60.9 Å². The van der Waals surface area contributed by atoms with Crippen LogP contribution in [0.25, 0.3) is 0 Å². The number of ether oxygens (including phenoxy) is 3. The van der Waals surface area contributed by atoms with Crippen LogP contribution in [0, 0.1) is 0 Å². The van der Waals surface area contributed by atoms with Crippen LogP contribution in [0.1, 0.15) is 32.1 Å². The van der Waals surface area contributed by atoms with E-state index in [-0.39, 0.29) is 6.10 Å². The van der Waals surface area contributed by atoms with Gasteiger partial charge >= 0.3 is 5.97 Å². The van der Waals surface area contributed by atoms with Crippen LogP contribution in [0.15, 0.2) is 12.7 Å². The van der Waals surface area contributed by atoms with Crippen molar-refractivity contribution in [2.45, 2.75) is 50.4 Å². The standard InChI is InChI=1S/C6H10O3.C6H12O.C3H4O2/c1(5-3-8-5)7-2-6-4-9-6;7-6-4-2-1-3-5-6;1-2-3(4)5/h5-6H,1-4H2;6-7H,1-5H2;2H,1H2,(H,4,5). The summed E-state index contributed by atoms with van der Waals surface area (Å²) in [6, 6.07) is 0. The molecule has 0 radical (unpaired) electrons. The maximum Gasteiger partial charge on any atom is 0.327 e. The Morgan fingerprint density at radius 3 is 1.81 bits per heavy atom. The van der Waals surface area contributed by atoms with Crippen molar-refractivity contribution in [1.29, 1.82) is 0 Å². The molecule has 0 bridgehead atoms. The van der Waals surface area contributed by atoms with Crippen LogP contribution in [0.5, 0.6) is 0 Å². The molecular formula is C15H26O6. The zero-order chi connectivity index (χ0) is 15.5. The normalized spacial score (nSPS) is 26.5. The number of carboxylic acid groups (broad SMARTS) is 1. The van der Waals surface area contributed by atoms with Crippen molar-refractivity contribution in [3.8, 4) is 0 Å². The molecule has 0 aromatic heterocycles. The summed E-state index contributed by atoms with van der Waals surface area (Å²) in [6.45, 7) is 6.22. The number of aliphatic hydroxyl groups excluding tert-OH is 1. The van der Waals surface area contributed by atoms with Crippen molar-refractivity contribution in [2.75, 3.05) is 26.4 Å². The second kappa shape index (κ2) is 10.7. The van der Waals surface area contributed by atoms with Crippen LogP contribution >= 0.6 is 0 Å². The number of epoxide rings is 2. The molecule has 2 saturated heterocycles. The van der Waals surface area contributed by atoms with Gasteiger partial charge in [0, 0.05) is 6.08 Å². The van der Waals surface area contributed by atoms with Gasteiger partial charge in [-0.1, -0.05) is 25.8 Å². The molecule has 1 saturated carbocycles. The largest absolute Gasteiger partial charge is 0.478 e. The fourth-order valence-electron chi connectivity index (χ4n) is 1.74. The van der Waals surface area contributed by atoms with Gasteiger partial charge in [0.1, 0.15) is 12.2 Å². The first-order valence-corrected chi connectivity index (χ1v) is 7.46. The van der Waals surface area contributed by atoms with E-state index in [0.29, 0.717) is 12.2 Å². The Bertz CT molecular complexity index is 281. The first-order chi connectivity index (χ1) is 10.1. The Balaban J connectivity index is 0.000000166. The predicted molar refractivity (Wildman–Crippen MR) is 77.2 cm³/mol. The number of aliphatic carboxylic acids is 1. The highest BCUT2D eigenvalue weighted by atomic mass is 16.6. The average molecular weight is 302 g/mol. The topological polar surface area (TPSA) is 91.8 Å². The van der Waals surface area contributed by atoms with E-state index in [2.05, 4.69) is 6.58 Å². The summed E-state index contributed by atoms with van der Waals surface area (Å²) in [6.07, 6.45) is 7.54. The lowest BCUT2D eigenvalue weighted by atomic mass is 9.98. The number of aliphatic hydroxyl groups is 1. The molecule has 0 amide bonds. The first-order valence-electron chi connectivity index (χ1n) is 7.46. The Hall–Kier alpha value is -0.950. The molecular weight excluding hydrogens is 276 g/mol. The van der Waals surface area contributed by atoms with E-state index in [4.69, 9.17) is 24.4 Å². The third-order valence-corrected chi connectivity index (χ3v) is 3.16. The molecule has 6 nitrogen and oxygen atoms in total. The quantitative estimate of drug-likeness (QED) is 0.588. The van der Waals surface area contributed by atoms with Gasteiger partial charge in [-0.25, -0.2) is 4.79 Å². The molecule has 2 aliphatic heterocycles. The summed E-state index contributed by atoms with van der Waals surface area (Å²) in [5, 5.41) is 16.5. The molecule has 3 rings (SSSR count). The molecule has 2 atom stereocenters. The van der Waals surface area contributed by atoms with E-state index in [9.17, 15) is 4.79 Å². The molecule has 2 unspecified atom stereocenters. The number of carboxylic acids is 1. The van der Waals surface area contributed by atoms with Gasteiger partial charge in [-0.15, -0.1) is 0 Å². The van der Waals surface area contributed by atoms with Gasteiger partial charge in [0.2, 0.25) is 0 Å². The SMILES string of the molecule is C(OCC1CO1)C1CO1.C=CC(=O)O.OC1CCCCC1. The molecule has 21 heavy (non-hydrogen) atoms. The Labute approximate surface area is 125 Å². The zero-order valence-corrected chi connectivity index (χ0v) is 12.4. The van der Waals surface area contributed by atoms with Crippen molar-refractivity contribution in [3.05, 3.63) is 12.7 Å². The van der Waals surface area contributed by atoms with E-state index in [1.807, 2.05) is 0 Å². The van der Waals surface area contributed by atoms with Crippen LogP contribution in [0.4, 0.5) is 0 Å². The van der Waals surface area contributed by atoms with Crippen molar-refractivity contribution in [1.82, 2.24) is 0 Å². The smallest absolute Gasteiger partial charge is 0.327 e. The minimum absolute atomic E-state index is 0.0359. The lowest BCUT2D eigenvalue weighted by Crippen LogP contribution is -2.09. The molecule has 1 aliphatic carbocycles. The number of hydrogen-bond acceptors (Lipinski definition) is 5. The summed E-state index contributed by atoms with van der Waals surface area (Å²) < 4.78 is 15.1. The third kappa shape index (κ3) is 12.5. The maximum atomic E-state index is 9.25. The fraction of sp³-hybridized carbons (Fsp3) is 0.800. The summed E-state index contributed by atoms with van der Waals surface area (Å²) in [5.41, 5.74) is 0. The van der Waals surface area contributed by atoms with Crippen molar-refractivity contribution in [3.63, 3.8) is 0 Å². The summed E-state index contributed by atoms with van der Waals surface area (Å²) >= 11 is 0. The van der Waals surface area contributed by atoms with Gasteiger partial charge < -0.3 is 24.4 Å². The van der Waals surface area contributed by atoms with Crippen LogP contribution in [0.3, 0.4) is 0 Å². The molecule has 0 aromatic carbocycles. The molecule has 3 fully saturated rings. The average Bonchev–Trinajstić information content (AvgIpc) is 3.36. The van der Waals surface area contributed by atoms with Crippen molar-refractivity contribution >= 4 is 5.97 Å². The molecule has 6 heteroatoms. The number of hydrogen-bond donors (Lipinski definition) is 2. The molecule has 0 spiro atoms. The Morgan fingerprint density at radius 1 is 1.14 bits per heavy atom. The molecule has 0 aromatic rings. The van der Waals surface area contributed by atoms with E-state index in [1.54, 1.807) is 0 Å². The van der Waals surface area contributed by atoms with Crippen LogP contribution in [-0.2, 0) is 19.0 Å². The Morgan fingerprint density at radius 2 is 1.57 bits per heavy atom. The summed E-state index contributed by atoms with van der Waals surface area (Å²) in [5.74, 6) is -0.981. The zero-order valence-electron chi connectivity index (χ0n) is 12.4. The fourth-order valence-corrected chi connectivity index (χ4v) is 1.74. The van der Waals surface area contributed by atoms with Gasteiger partial charge in [0.25, 0.3) is 0 Å². The summed E-state index contributed by atoms with van der Waals surface area (Å²) in [4.78, 5) is 9.25. The maximum absolute atomic E-state index is 9.25. The minimum atomic E-state index is -0.981. The van der Waals surface area contributed by atoms with E-state index < -0.39 is 5.97 Å². The number of rotatable bonds is 5. The Kier molecular flexibility index (Phi) is 9.25. The second-order valence-electron chi connectivity index (χ2n) is 5.28. The summed E-state index contributed by atoms with van der Waals surface area (Å²) in [7, 11) is 0. The highest BCUT2D eigenvalue weighted by molar-refractivity contribution is 5.78. The lowest BCUT2D eigenvalue weighted by Gasteiger charge is -2.14. The molecule has 3 aliphatic rings. The van der Waals surface area contributed by atoms with Crippen molar-refractivity contribution in [2.24, 2.45) is 0 Å². The lowest BCUT2D eigenvalue weighted by molar-refractivity contribution is -0.131. The first kappa shape index (κ1) is 18.1. The van der Waals surface area contributed by atoms with Gasteiger partial charge in [0.05, 0.1) is 32.5 Å². The van der Waals surface area contributed by atoms with Gasteiger partial charge in [-0.3, -0.25) is 0 Å². The minimum Gasteiger partial charge on any atom is -0.478 e. The third-order valence-electron chi connectivity index (χ3n) is 3.16. The van der Waals surface area contributed by atoms with Gasteiger partial charge in [0.15, 0.2) is 0 Å². The van der Waals surface area contributed by atoms with Crippen LogP contribution < -0.4 is 0 Å². The van der Waals surface area contributed by atoms with E-state index >= 15 is 0 Å². The second-order valence-corrected chi connectivity index (χ2v) is 5.28.